The number of benzene rings is 2. The van der Waals surface area contributed by atoms with E-state index in [0.717, 1.165) is 22.6 Å². The summed E-state index contributed by atoms with van der Waals surface area (Å²) >= 11 is 0. The number of fused-ring (bicyclic) bond motifs is 1. The average Bonchev–Trinajstić information content (AvgIpc) is 3.05. The highest BCUT2D eigenvalue weighted by molar-refractivity contribution is 6.45. The molecule has 3 aromatic rings. The second-order valence-electron chi connectivity index (χ2n) is 6.40. The van der Waals surface area contributed by atoms with Gasteiger partial charge in [0.2, 0.25) is 0 Å². The number of nitrogens with two attached hydrogens (primary N) is 1. The van der Waals surface area contributed by atoms with Gasteiger partial charge in [-0.2, -0.15) is 0 Å². The molecule has 2 aromatic carbocycles. The largest absolute Gasteiger partial charge is 0.364 e. The predicted octanol–water partition coefficient (Wildman–Crippen LogP) is 2.89. The summed E-state index contributed by atoms with van der Waals surface area (Å²) in [5.74, 6) is 0.133. The summed E-state index contributed by atoms with van der Waals surface area (Å²) in [5, 5.41) is 3.39. The summed E-state index contributed by atoms with van der Waals surface area (Å²) in [6.07, 6.45) is 1.30. The quantitative estimate of drug-likeness (QED) is 0.765. The number of anilines is 1. The van der Waals surface area contributed by atoms with Crippen LogP contribution in [0.1, 0.15) is 28.6 Å². The fourth-order valence-corrected chi connectivity index (χ4v) is 3.24. The molecule has 1 amide bonds. The first-order valence-electron chi connectivity index (χ1n) is 8.39. The molecule has 6 nitrogen and oxygen atoms in total. The Labute approximate surface area is 151 Å². The molecule has 0 aliphatic carbocycles. The van der Waals surface area contributed by atoms with Crippen molar-refractivity contribution in [2.75, 3.05) is 5.32 Å². The summed E-state index contributed by atoms with van der Waals surface area (Å²) in [7, 11) is 0. The third kappa shape index (κ3) is 2.65. The van der Waals surface area contributed by atoms with Crippen molar-refractivity contribution in [1.82, 2.24) is 9.55 Å². The first kappa shape index (κ1) is 16.1. The molecule has 6 heteroatoms. The van der Waals surface area contributed by atoms with Gasteiger partial charge in [-0.25, -0.2) is 9.98 Å². The van der Waals surface area contributed by atoms with Crippen molar-refractivity contribution < 1.29 is 4.79 Å². The van der Waals surface area contributed by atoms with E-state index in [1.54, 1.807) is 6.33 Å². The Hall–Kier alpha value is -3.41. The fraction of sp³-hybridized carbons (Fsp3) is 0.150. The molecule has 0 bridgehead atoms. The van der Waals surface area contributed by atoms with Crippen LogP contribution in [0.2, 0.25) is 0 Å². The monoisotopic (exact) mass is 345 g/mol. The van der Waals surface area contributed by atoms with Gasteiger partial charge in [0.25, 0.3) is 5.91 Å². The van der Waals surface area contributed by atoms with Crippen LogP contribution in [0.5, 0.6) is 0 Å². The van der Waals surface area contributed by atoms with Crippen molar-refractivity contribution in [3.63, 3.8) is 0 Å². The maximum absolute atomic E-state index is 12.0. The zero-order valence-corrected chi connectivity index (χ0v) is 14.6. The van der Waals surface area contributed by atoms with Gasteiger partial charge in [0, 0.05) is 0 Å². The number of nitrogens with one attached hydrogen (secondary N) is 1. The summed E-state index contributed by atoms with van der Waals surface area (Å²) in [6.45, 7) is 4.11. The molecule has 1 atom stereocenters. The molecule has 1 unspecified atom stereocenters. The number of hydrogen-bond acceptors (Lipinski definition) is 4. The number of primary amides is 1. The van der Waals surface area contributed by atoms with Crippen LogP contribution in [-0.4, -0.2) is 21.2 Å². The van der Waals surface area contributed by atoms with E-state index in [0.29, 0.717) is 5.69 Å². The molecule has 0 radical (unpaired) electrons. The minimum absolute atomic E-state index is 0.191. The van der Waals surface area contributed by atoms with E-state index in [4.69, 9.17) is 5.73 Å². The Balaban J connectivity index is 1.86. The molecule has 2 heterocycles. The number of nitrogens with zero attached hydrogens (tertiary/aromatic N) is 3. The SMILES string of the molecule is Cc1ccc(-n2cnc3c2NC(c2ccccc2)N=C3C(N)=O)c(C)c1. The molecular weight excluding hydrogens is 326 g/mol. The van der Waals surface area contributed by atoms with Crippen LogP contribution in [0, 0.1) is 13.8 Å². The van der Waals surface area contributed by atoms with E-state index in [2.05, 4.69) is 41.3 Å². The number of carbonyl (C=O) groups excluding carboxylic acids is 1. The van der Waals surface area contributed by atoms with Crippen molar-refractivity contribution in [3.05, 3.63) is 77.2 Å². The predicted molar refractivity (Wildman–Crippen MR) is 102 cm³/mol. The first-order valence-corrected chi connectivity index (χ1v) is 8.39. The number of aliphatic imine (C=N–C) groups is 1. The lowest BCUT2D eigenvalue weighted by atomic mass is 10.1. The lowest BCUT2D eigenvalue weighted by Crippen LogP contribution is -2.31. The van der Waals surface area contributed by atoms with Gasteiger partial charge in [0.1, 0.15) is 24.0 Å². The highest BCUT2D eigenvalue weighted by atomic mass is 16.1. The third-order valence-electron chi connectivity index (χ3n) is 4.48. The van der Waals surface area contributed by atoms with Gasteiger partial charge in [0.05, 0.1) is 5.69 Å². The van der Waals surface area contributed by atoms with E-state index in [1.807, 2.05) is 41.0 Å². The van der Waals surface area contributed by atoms with Gasteiger partial charge in [-0.15, -0.1) is 0 Å². The van der Waals surface area contributed by atoms with Crippen LogP contribution in [-0.2, 0) is 4.79 Å². The molecule has 26 heavy (non-hydrogen) atoms. The molecule has 4 rings (SSSR count). The average molecular weight is 345 g/mol. The van der Waals surface area contributed by atoms with Crippen molar-refractivity contribution >= 4 is 17.4 Å². The second kappa shape index (κ2) is 6.15. The molecule has 3 N–H and O–H groups in total. The number of hydrogen-bond donors (Lipinski definition) is 2. The summed E-state index contributed by atoms with van der Waals surface area (Å²) < 4.78 is 1.94. The van der Waals surface area contributed by atoms with E-state index in [-0.39, 0.29) is 5.71 Å². The summed E-state index contributed by atoms with van der Waals surface area (Å²) in [6, 6.07) is 15.9. The Bertz CT molecular complexity index is 1020. The highest BCUT2D eigenvalue weighted by Gasteiger charge is 2.29. The molecule has 1 aliphatic heterocycles. The number of imidazole rings is 1. The number of amides is 1. The van der Waals surface area contributed by atoms with Gasteiger partial charge in [0.15, 0.2) is 5.71 Å². The molecule has 0 saturated heterocycles. The summed E-state index contributed by atoms with van der Waals surface area (Å²) in [4.78, 5) is 20.9. The van der Waals surface area contributed by atoms with Crippen LogP contribution in [0.4, 0.5) is 5.82 Å². The summed E-state index contributed by atoms with van der Waals surface area (Å²) in [5.41, 5.74) is 10.5. The fourth-order valence-electron chi connectivity index (χ4n) is 3.24. The van der Waals surface area contributed by atoms with Crippen LogP contribution >= 0.6 is 0 Å². The van der Waals surface area contributed by atoms with Gasteiger partial charge in [-0.1, -0.05) is 48.0 Å². The first-order chi connectivity index (χ1) is 12.5. The molecule has 0 fully saturated rings. The Morgan fingerprint density at radius 2 is 1.92 bits per heavy atom. The molecular formula is C20H19N5O. The van der Waals surface area contributed by atoms with E-state index >= 15 is 0 Å². The van der Waals surface area contributed by atoms with Crippen molar-refractivity contribution in [1.29, 1.82) is 0 Å². The van der Waals surface area contributed by atoms with E-state index < -0.39 is 12.1 Å². The standard InChI is InChI=1S/C20H19N5O/c1-12-8-9-15(13(2)10-12)25-11-22-17-16(18(21)26)23-19(24-20(17)25)14-6-4-3-5-7-14/h3-11,19,24H,1-2H3,(H2,21,26). The van der Waals surface area contributed by atoms with Gasteiger partial charge in [-0.05, 0) is 31.0 Å². The van der Waals surface area contributed by atoms with Crippen molar-refractivity contribution in [2.24, 2.45) is 10.7 Å². The normalized spacial score (nSPS) is 15.8. The Morgan fingerprint density at radius 1 is 1.15 bits per heavy atom. The third-order valence-corrected chi connectivity index (χ3v) is 4.48. The topological polar surface area (TPSA) is 85.3 Å². The van der Waals surface area contributed by atoms with Crippen molar-refractivity contribution in [2.45, 2.75) is 20.0 Å². The zero-order chi connectivity index (χ0) is 18.3. The molecule has 1 aromatic heterocycles. The number of rotatable bonds is 3. The van der Waals surface area contributed by atoms with Crippen molar-refractivity contribution in [3.8, 4) is 5.69 Å². The van der Waals surface area contributed by atoms with E-state index in [9.17, 15) is 4.79 Å². The van der Waals surface area contributed by atoms with Crippen LogP contribution in [0.15, 0.2) is 59.9 Å². The molecule has 130 valence electrons. The second-order valence-corrected chi connectivity index (χ2v) is 6.40. The van der Waals surface area contributed by atoms with Gasteiger partial charge < -0.3 is 11.1 Å². The minimum atomic E-state index is -0.584. The highest BCUT2D eigenvalue weighted by Crippen LogP contribution is 2.32. The van der Waals surface area contributed by atoms with E-state index in [1.165, 1.54) is 5.56 Å². The van der Waals surface area contributed by atoms with Crippen LogP contribution in [0.25, 0.3) is 5.69 Å². The van der Waals surface area contributed by atoms with Crippen LogP contribution in [0.3, 0.4) is 0 Å². The number of aryl methyl sites for hydroxylation is 2. The maximum atomic E-state index is 12.0. The minimum Gasteiger partial charge on any atom is -0.364 e. The van der Waals surface area contributed by atoms with Gasteiger partial charge >= 0.3 is 0 Å². The van der Waals surface area contributed by atoms with Crippen LogP contribution < -0.4 is 11.1 Å². The Kier molecular flexibility index (Phi) is 3.80. The van der Waals surface area contributed by atoms with Gasteiger partial charge in [-0.3, -0.25) is 9.36 Å². The Morgan fingerprint density at radius 3 is 2.62 bits per heavy atom. The zero-order valence-electron chi connectivity index (χ0n) is 14.6. The molecule has 0 spiro atoms. The maximum Gasteiger partial charge on any atom is 0.269 e. The molecule has 1 aliphatic rings. The number of aromatic nitrogens is 2. The lowest BCUT2D eigenvalue weighted by molar-refractivity contribution is -0.112. The smallest absolute Gasteiger partial charge is 0.269 e. The number of carbonyl (C=O) groups is 1. The lowest BCUT2D eigenvalue weighted by Gasteiger charge is -2.24. The molecule has 0 saturated carbocycles.